The van der Waals surface area contributed by atoms with Crippen molar-refractivity contribution in [1.29, 1.82) is 0 Å². The quantitative estimate of drug-likeness (QED) is 0.607. The SMILES string of the molecule is CC1CNCC1N1C(=O)CCCC1=O. The van der Waals surface area contributed by atoms with Crippen LogP contribution in [0.3, 0.4) is 0 Å². The number of imide groups is 1. The van der Waals surface area contributed by atoms with E-state index in [1.54, 1.807) is 0 Å². The summed E-state index contributed by atoms with van der Waals surface area (Å²) in [5.41, 5.74) is 0. The molecule has 78 valence electrons. The Morgan fingerprint density at radius 3 is 2.36 bits per heavy atom. The van der Waals surface area contributed by atoms with Crippen molar-refractivity contribution in [1.82, 2.24) is 10.2 Å². The van der Waals surface area contributed by atoms with Gasteiger partial charge in [0.05, 0.1) is 6.04 Å². The van der Waals surface area contributed by atoms with Crippen LogP contribution in [0.5, 0.6) is 0 Å². The van der Waals surface area contributed by atoms with Crippen molar-refractivity contribution in [2.75, 3.05) is 13.1 Å². The second-order valence-electron chi connectivity index (χ2n) is 4.21. The van der Waals surface area contributed by atoms with Crippen molar-refractivity contribution in [3.8, 4) is 0 Å². The molecule has 0 radical (unpaired) electrons. The second kappa shape index (κ2) is 3.69. The van der Waals surface area contributed by atoms with Gasteiger partial charge in [-0.3, -0.25) is 14.5 Å². The average molecular weight is 196 g/mol. The van der Waals surface area contributed by atoms with E-state index in [1.165, 1.54) is 4.90 Å². The molecule has 2 aliphatic rings. The summed E-state index contributed by atoms with van der Waals surface area (Å²) < 4.78 is 0. The van der Waals surface area contributed by atoms with Crippen LogP contribution in [0.25, 0.3) is 0 Å². The molecule has 1 N–H and O–H groups in total. The Labute approximate surface area is 83.6 Å². The molecule has 0 aromatic heterocycles. The first-order valence-electron chi connectivity index (χ1n) is 5.26. The molecule has 0 saturated carbocycles. The highest BCUT2D eigenvalue weighted by atomic mass is 16.2. The van der Waals surface area contributed by atoms with Gasteiger partial charge in [0.1, 0.15) is 0 Å². The molecule has 0 spiro atoms. The molecule has 0 aromatic carbocycles. The smallest absolute Gasteiger partial charge is 0.229 e. The number of hydrogen-bond donors (Lipinski definition) is 1. The third-order valence-corrected chi connectivity index (χ3v) is 3.13. The van der Waals surface area contributed by atoms with Crippen molar-refractivity contribution in [2.24, 2.45) is 5.92 Å². The van der Waals surface area contributed by atoms with Crippen LogP contribution in [0.2, 0.25) is 0 Å². The van der Waals surface area contributed by atoms with Crippen molar-refractivity contribution >= 4 is 11.8 Å². The largest absolute Gasteiger partial charge is 0.314 e. The highest BCUT2D eigenvalue weighted by Crippen LogP contribution is 2.21. The molecule has 2 amide bonds. The minimum Gasteiger partial charge on any atom is -0.314 e. The molecule has 2 rings (SSSR count). The van der Waals surface area contributed by atoms with Crippen LogP contribution < -0.4 is 5.32 Å². The number of carbonyl (C=O) groups excluding carboxylic acids is 2. The molecule has 0 aromatic rings. The summed E-state index contributed by atoms with van der Waals surface area (Å²) in [6.45, 7) is 3.75. The lowest BCUT2D eigenvalue weighted by molar-refractivity contribution is -0.151. The van der Waals surface area contributed by atoms with Gasteiger partial charge in [0.15, 0.2) is 0 Å². The number of carbonyl (C=O) groups is 2. The van der Waals surface area contributed by atoms with Crippen LogP contribution >= 0.6 is 0 Å². The van der Waals surface area contributed by atoms with Gasteiger partial charge in [0.25, 0.3) is 0 Å². The highest BCUT2D eigenvalue weighted by molar-refractivity contribution is 5.98. The first-order chi connectivity index (χ1) is 6.70. The van der Waals surface area contributed by atoms with E-state index >= 15 is 0 Å². The molecule has 2 unspecified atom stereocenters. The van der Waals surface area contributed by atoms with Crippen molar-refractivity contribution in [3.63, 3.8) is 0 Å². The summed E-state index contributed by atoms with van der Waals surface area (Å²) in [4.78, 5) is 24.7. The van der Waals surface area contributed by atoms with E-state index in [2.05, 4.69) is 12.2 Å². The van der Waals surface area contributed by atoms with Crippen LogP contribution in [0, 0.1) is 5.92 Å². The summed E-state index contributed by atoms with van der Waals surface area (Å²) in [6.07, 6.45) is 1.80. The lowest BCUT2D eigenvalue weighted by atomic mass is 10.0. The Kier molecular flexibility index (Phi) is 2.54. The molecule has 4 heteroatoms. The van der Waals surface area contributed by atoms with Gasteiger partial charge in [0, 0.05) is 19.4 Å². The molecule has 14 heavy (non-hydrogen) atoms. The number of nitrogens with zero attached hydrogens (tertiary/aromatic N) is 1. The molecule has 2 fully saturated rings. The summed E-state index contributed by atoms with van der Waals surface area (Å²) in [7, 11) is 0. The van der Waals surface area contributed by atoms with Gasteiger partial charge in [-0.2, -0.15) is 0 Å². The monoisotopic (exact) mass is 196 g/mol. The molecule has 2 atom stereocenters. The maximum absolute atomic E-state index is 11.6. The predicted molar refractivity (Wildman–Crippen MR) is 51.5 cm³/mol. The third-order valence-electron chi connectivity index (χ3n) is 3.13. The Bertz CT molecular complexity index is 249. The molecule has 2 heterocycles. The van der Waals surface area contributed by atoms with Crippen molar-refractivity contribution < 1.29 is 9.59 Å². The Morgan fingerprint density at radius 2 is 1.86 bits per heavy atom. The normalized spacial score (nSPS) is 33.9. The van der Waals surface area contributed by atoms with Crippen LogP contribution in [-0.4, -0.2) is 35.8 Å². The number of piperidine rings is 1. The standard InChI is InChI=1S/C10H16N2O2/c1-7-5-11-6-8(7)12-9(13)3-2-4-10(12)14/h7-8,11H,2-6H2,1H3. The first-order valence-corrected chi connectivity index (χ1v) is 5.26. The zero-order valence-electron chi connectivity index (χ0n) is 8.45. The zero-order chi connectivity index (χ0) is 10.1. The lowest BCUT2D eigenvalue weighted by Crippen LogP contribution is -2.49. The Hall–Kier alpha value is -0.900. The van der Waals surface area contributed by atoms with Gasteiger partial charge in [-0.25, -0.2) is 0 Å². The first kappa shape index (κ1) is 9.65. The third kappa shape index (κ3) is 1.54. The number of amides is 2. The van der Waals surface area contributed by atoms with E-state index in [0.717, 1.165) is 19.5 Å². The van der Waals surface area contributed by atoms with Crippen molar-refractivity contribution in [2.45, 2.75) is 32.2 Å². The fraction of sp³-hybridized carbons (Fsp3) is 0.800. The van der Waals surface area contributed by atoms with Gasteiger partial charge in [-0.1, -0.05) is 6.92 Å². The van der Waals surface area contributed by atoms with E-state index in [0.29, 0.717) is 18.8 Å². The minimum atomic E-state index is 0.0156. The summed E-state index contributed by atoms with van der Waals surface area (Å²) in [6, 6.07) is 0.0929. The van der Waals surface area contributed by atoms with Crippen LogP contribution in [-0.2, 0) is 9.59 Å². The van der Waals surface area contributed by atoms with Crippen molar-refractivity contribution in [3.05, 3.63) is 0 Å². The predicted octanol–water partition coefficient (Wildman–Crippen LogP) is 0.133. The number of likely N-dealkylation sites (tertiary alicyclic amines) is 1. The molecule has 2 saturated heterocycles. The lowest BCUT2D eigenvalue weighted by Gasteiger charge is -2.32. The summed E-state index contributed by atoms with van der Waals surface area (Å²) >= 11 is 0. The number of rotatable bonds is 1. The van der Waals surface area contributed by atoms with Gasteiger partial charge < -0.3 is 5.32 Å². The van der Waals surface area contributed by atoms with Crippen LogP contribution in [0.4, 0.5) is 0 Å². The fourth-order valence-corrected chi connectivity index (χ4v) is 2.28. The number of nitrogens with one attached hydrogen (secondary N) is 1. The number of hydrogen-bond acceptors (Lipinski definition) is 3. The van der Waals surface area contributed by atoms with Gasteiger partial charge in [-0.15, -0.1) is 0 Å². The summed E-state index contributed by atoms with van der Waals surface area (Å²) in [5, 5.41) is 3.21. The van der Waals surface area contributed by atoms with E-state index in [-0.39, 0.29) is 17.9 Å². The maximum Gasteiger partial charge on any atom is 0.229 e. The molecule has 4 nitrogen and oxygen atoms in total. The molecular weight excluding hydrogens is 180 g/mol. The van der Waals surface area contributed by atoms with Crippen LogP contribution in [0.15, 0.2) is 0 Å². The summed E-state index contributed by atoms with van der Waals surface area (Å²) in [5.74, 6) is 0.421. The van der Waals surface area contributed by atoms with E-state index in [4.69, 9.17) is 0 Å². The van der Waals surface area contributed by atoms with Crippen LogP contribution in [0.1, 0.15) is 26.2 Å². The Balaban J connectivity index is 2.13. The highest BCUT2D eigenvalue weighted by Gasteiger charge is 2.37. The molecule has 0 aliphatic carbocycles. The van der Waals surface area contributed by atoms with E-state index in [9.17, 15) is 9.59 Å². The molecular formula is C10H16N2O2. The topological polar surface area (TPSA) is 49.4 Å². The fourth-order valence-electron chi connectivity index (χ4n) is 2.28. The van der Waals surface area contributed by atoms with Gasteiger partial charge in [0.2, 0.25) is 11.8 Å². The maximum atomic E-state index is 11.6. The zero-order valence-corrected chi connectivity index (χ0v) is 8.45. The average Bonchev–Trinajstić information content (AvgIpc) is 2.52. The van der Waals surface area contributed by atoms with E-state index in [1.807, 2.05) is 0 Å². The van der Waals surface area contributed by atoms with Gasteiger partial charge in [-0.05, 0) is 18.9 Å². The molecule has 0 bridgehead atoms. The van der Waals surface area contributed by atoms with E-state index < -0.39 is 0 Å². The van der Waals surface area contributed by atoms with Gasteiger partial charge >= 0.3 is 0 Å². The minimum absolute atomic E-state index is 0.0156. The second-order valence-corrected chi connectivity index (χ2v) is 4.21. The Morgan fingerprint density at radius 1 is 1.21 bits per heavy atom. The molecule has 2 aliphatic heterocycles.